The van der Waals surface area contributed by atoms with Gasteiger partial charge >= 0.3 is 5.97 Å². The molecule has 1 heterocycles. The molecule has 1 aliphatic heterocycles. The summed E-state index contributed by atoms with van der Waals surface area (Å²) in [5, 5.41) is 21.6. The Kier molecular flexibility index (Phi) is 10.5. The van der Waals surface area contributed by atoms with Crippen LogP contribution in [0.5, 0.6) is 5.75 Å². The quantitative estimate of drug-likeness (QED) is 0.114. The summed E-state index contributed by atoms with van der Waals surface area (Å²) in [7, 11) is 0. The number of benzene rings is 2. The van der Waals surface area contributed by atoms with Crippen LogP contribution in [-0.4, -0.2) is 54.4 Å². The van der Waals surface area contributed by atoms with Gasteiger partial charge in [-0.2, -0.15) is 5.10 Å². The molecule has 0 saturated heterocycles. The molecule has 2 aromatic rings. The highest BCUT2D eigenvalue weighted by Crippen LogP contribution is 2.33. The molecule has 1 atom stereocenters. The fourth-order valence-electron chi connectivity index (χ4n) is 4.22. The second-order valence-electron chi connectivity index (χ2n) is 8.58. The first-order valence-corrected chi connectivity index (χ1v) is 13.1. The molecule has 0 unspecified atom stereocenters. The van der Waals surface area contributed by atoms with E-state index in [0.717, 1.165) is 5.69 Å². The number of anilines is 1. The Labute approximate surface area is 237 Å². The Balaban J connectivity index is 1.75. The maximum absolute atomic E-state index is 12.7. The molecule has 0 aromatic heterocycles. The number of allylic oxidation sites excluding steroid dienone is 1. The fraction of sp³-hybridized carbons (Fsp3) is 0.333. The standard InChI is InChI=1S/C27H32N6O6S/c1-5-32(6-2)21-13-12-19(33(36)37)14-18(21)15-28-31-23(34)16-39-22-11-9-8-10-20(22)25-24(26(35)38-7-3)17(4)29-27(40)30-25/h8-15,25H,5-7,16H2,1-4H3,(H,31,34)(H2,29,30,40)/t25-/m1/s1. The number of ether oxygens (including phenoxy) is 2. The van der Waals surface area contributed by atoms with Crippen LogP contribution in [0, 0.1) is 10.1 Å². The van der Waals surface area contributed by atoms with E-state index < -0.39 is 22.8 Å². The van der Waals surface area contributed by atoms with E-state index in [2.05, 4.69) is 21.2 Å². The first kappa shape index (κ1) is 30.0. The first-order valence-electron chi connectivity index (χ1n) is 12.7. The van der Waals surface area contributed by atoms with Gasteiger partial charge in [-0.15, -0.1) is 0 Å². The number of carbonyl (C=O) groups excluding carboxylic acids is 2. The average Bonchev–Trinajstić information content (AvgIpc) is 2.93. The van der Waals surface area contributed by atoms with E-state index in [1.807, 2.05) is 18.7 Å². The topological polar surface area (TPSA) is 147 Å². The van der Waals surface area contributed by atoms with E-state index in [9.17, 15) is 19.7 Å². The van der Waals surface area contributed by atoms with Crippen molar-refractivity contribution in [2.45, 2.75) is 33.7 Å². The molecule has 1 amide bonds. The molecule has 2 aromatic carbocycles. The maximum Gasteiger partial charge on any atom is 0.338 e. The smallest absolute Gasteiger partial charge is 0.338 e. The van der Waals surface area contributed by atoms with E-state index in [1.165, 1.54) is 18.3 Å². The monoisotopic (exact) mass is 568 g/mol. The zero-order chi connectivity index (χ0) is 29.2. The first-order chi connectivity index (χ1) is 19.2. The number of esters is 1. The predicted molar refractivity (Wildman–Crippen MR) is 155 cm³/mol. The van der Waals surface area contributed by atoms with E-state index in [1.54, 1.807) is 44.2 Å². The van der Waals surface area contributed by atoms with Gasteiger partial charge in [0.05, 0.1) is 29.4 Å². The Morgan fingerprint density at radius 1 is 1.20 bits per heavy atom. The van der Waals surface area contributed by atoms with Crippen LogP contribution >= 0.6 is 12.2 Å². The van der Waals surface area contributed by atoms with Gasteiger partial charge in [0.15, 0.2) is 11.7 Å². The highest BCUT2D eigenvalue weighted by Gasteiger charge is 2.32. The van der Waals surface area contributed by atoms with Gasteiger partial charge in [-0.25, -0.2) is 10.2 Å². The Morgan fingerprint density at radius 3 is 2.60 bits per heavy atom. The molecule has 1 aliphatic rings. The van der Waals surface area contributed by atoms with E-state index in [0.29, 0.717) is 46.3 Å². The molecule has 40 heavy (non-hydrogen) atoms. The Hall–Kier alpha value is -4.52. The predicted octanol–water partition coefficient (Wildman–Crippen LogP) is 3.33. The third-order valence-corrected chi connectivity index (χ3v) is 6.29. The second kappa shape index (κ2) is 14.0. The van der Waals surface area contributed by atoms with Crippen LogP contribution in [-0.2, 0) is 14.3 Å². The van der Waals surface area contributed by atoms with E-state index in [4.69, 9.17) is 21.7 Å². The molecular formula is C27H32N6O6S. The Morgan fingerprint density at radius 2 is 1.93 bits per heavy atom. The fourth-order valence-corrected chi connectivity index (χ4v) is 4.49. The van der Waals surface area contributed by atoms with Gasteiger partial charge < -0.3 is 25.0 Å². The highest BCUT2D eigenvalue weighted by molar-refractivity contribution is 7.80. The summed E-state index contributed by atoms with van der Waals surface area (Å²) >= 11 is 5.29. The number of carbonyl (C=O) groups is 2. The van der Waals surface area contributed by atoms with Crippen LogP contribution in [0.25, 0.3) is 0 Å². The molecule has 12 nitrogen and oxygen atoms in total. The summed E-state index contributed by atoms with van der Waals surface area (Å²) in [6.45, 7) is 8.62. The summed E-state index contributed by atoms with van der Waals surface area (Å²) < 4.78 is 11.0. The second-order valence-corrected chi connectivity index (χ2v) is 8.99. The normalized spacial score (nSPS) is 14.8. The molecular weight excluding hydrogens is 536 g/mol. The third-order valence-electron chi connectivity index (χ3n) is 6.07. The number of hydrazone groups is 1. The van der Waals surface area contributed by atoms with E-state index >= 15 is 0 Å². The number of thiocarbonyl (C=S) groups is 1. The summed E-state index contributed by atoms with van der Waals surface area (Å²) in [5.41, 5.74) is 5.05. The number of rotatable bonds is 12. The van der Waals surface area contributed by atoms with Crippen molar-refractivity contribution in [1.82, 2.24) is 16.1 Å². The number of nitrogens with one attached hydrogen (secondary N) is 3. The molecule has 3 rings (SSSR count). The summed E-state index contributed by atoms with van der Waals surface area (Å²) in [4.78, 5) is 38.1. The number of para-hydroxylation sites is 1. The van der Waals surface area contributed by atoms with Crippen molar-refractivity contribution in [2.24, 2.45) is 5.10 Å². The van der Waals surface area contributed by atoms with Gasteiger partial charge in [0.1, 0.15) is 5.75 Å². The van der Waals surface area contributed by atoms with Crippen molar-refractivity contribution in [3.63, 3.8) is 0 Å². The SMILES string of the molecule is CCOC(=O)C1=C(C)NC(=S)N[C@@H]1c1ccccc1OCC(=O)NN=Cc1cc([N+](=O)[O-])ccc1N(CC)CC. The molecule has 13 heteroatoms. The number of nitrogens with zero attached hydrogens (tertiary/aromatic N) is 3. The molecule has 0 saturated carbocycles. The summed E-state index contributed by atoms with van der Waals surface area (Å²) in [6.07, 6.45) is 1.37. The lowest BCUT2D eigenvalue weighted by molar-refractivity contribution is -0.384. The van der Waals surface area contributed by atoms with Crippen LogP contribution in [0.1, 0.15) is 44.9 Å². The summed E-state index contributed by atoms with van der Waals surface area (Å²) in [5.74, 6) is -0.687. The van der Waals surface area contributed by atoms with Gasteiger partial charge in [-0.05, 0) is 52.0 Å². The largest absolute Gasteiger partial charge is 0.483 e. The molecule has 0 spiro atoms. The molecule has 0 aliphatic carbocycles. The number of hydrogen-bond acceptors (Lipinski definition) is 9. The lowest BCUT2D eigenvalue weighted by Crippen LogP contribution is -2.45. The maximum atomic E-state index is 12.7. The minimum Gasteiger partial charge on any atom is -0.483 e. The van der Waals surface area contributed by atoms with Crippen molar-refractivity contribution in [1.29, 1.82) is 0 Å². The number of amides is 1. The van der Waals surface area contributed by atoms with Gasteiger partial charge in [0.25, 0.3) is 11.6 Å². The van der Waals surface area contributed by atoms with Gasteiger partial charge in [0, 0.05) is 47.7 Å². The van der Waals surface area contributed by atoms with Crippen molar-refractivity contribution >= 4 is 46.8 Å². The number of non-ortho nitro benzene ring substituents is 1. The third kappa shape index (κ3) is 7.32. The van der Waals surface area contributed by atoms with Crippen LogP contribution in [0.3, 0.4) is 0 Å². The average molecular weight is 569 g/mol. The highest BCUT2D eigenvalue weighted by atomic mass is 32.1. The molecule has 0 radical (unpaired) electrons. The van der Waals surface area contributed by atoms with E-state index in [-0.39, 0.29) is 18.9 Å². The van der Waals surface area contributed by atoms with Crippen LogP contribution in [0.2, 0.25) is 0 Å². The molecule has 0 fully saturated rings. The van der Waals surface area contributed by atoms with Crippen molar-refractivity contribution in [2.75, 3.05) is 31.2 Å². The minimum atomic E-state index is -0.655. The number of nitro benzene ring substituents is 1. The van der Waals surface area contributed by atoms with Gasteiger partial charge in [0.2, 0.25) is 0 Å². The lowest BCUT2D eigenvalue weighted by Gasteiger charge is -2.30. The van der Waals surface area contributed by atoms with Crippen LogP contribution in [0.15, 0.2) is 58.8 Å². The zero-order valence-corrected chi connectivity index (χ0v) is 23.5. The van der Waals surface area contributed by atoms with Crippen molar-refractivity contribution in [3.05, 3.63) is 75.0 Å². The zero-order valence-electron chi connectivity index (χ0n) is 22.7. The lowest BCUT2D eigenvalue weighted by atomic mass is 9.95. The van der Waals surface area contributed by atoms with Crippen molar-refractivity contribution < 1.29 is 24.0 Å². The van der Waals surface area contributed by atoms with Crippen LogP contribution < -0.4 is 25.7 Å². The minimum absolute atomic E-state index is 0.0823. The molecule has 0 bridgehead atoms. The van der Waals surface area contributed by atoms with Crippen molar-refractivity contribution in [3.8, 4) is 5.75 Å². The van der Waals surface area contributed by atoms with Crippen LogP contribution in [0.4, 0.5) is 11.4 Å². The molecule has 3 N–H and O–H groups in total. The van der Waals surface area contributed by atoms with Gasteiger partial charge in [-0.3, -0.25) is 14.9 Å². The number of nitro groups is 1. The number of hydrogen-bond donors (Lipinski definition) is 3. The summed E-state index contributed by atoms with van der Waals surface area (Å²) in [6, 6.07) is 10.8. The van der Waals surface area contributed by atoms with Gasteiger partial charge in [-0.1, -0.05) is 18.2 Å². The Bertz CT molecular complexity index is 1340. The molecule has 212 valence electrons.